The second-order valence-electron chi connectivity index (χ2n) is 6.60. The highest BCUT2D eigenvalue weighted by Crippen LogP contribution is 2.13. The average molecular weight is 351 g/mol. The zero-order valence-corrected chi connectivity index (χ0v) is 15.5. The number of hydrogen-bond donors (Lipinski definition) is 3. The summed E-state index contributed by atoms with van der Waals surface area (Å²) in [6, 6.07) is 7.39. The summed E-state index contributed by atoms with van der Waals surface area (Å²) < 4.78 is 10.1. The Balaban J connectivity index is 2.26. The number of amides is 3. The van der Waals surface area contributed by atoms with Crippen LogP contribution in [0.25, 0.3) is 0 Å². The third kappa shape index (κ3) is 10.2. The third-order valence-corrected chi connectivity index (χ3v) is 3.12. The van der Waals surface area contributed by atoms with E-state index in [-0.39, 0.29) is 6.03 Å². The lowest BCUT2D eigenvalue weighted by Gasteiger charge is -2.19. The number of methoxy groups -OCH3 is 1. The molecule has 0 radical (unpaired) electrons. The van der Waals surface area contributed by atoms with Gasteiger partial charge in [-0.2, -0.15) is 0 Å². The number of benzene rings is 1. The average Bonchev–Trinajstić information content (AvgIpc) is 2.51. The van der Waals surface area contributed by atoms with Gasteiger partial charge in [0.2, 0.25) is 0 Å². The number of ether oxygens (including phenoxy) is 2. The van der Waals surface area contributed by atoms with Crippen LogP contribution >= 0.6 is 0 Å². The number of carbonyl (C=O) groups excluding carboxylic acids is 2. The molecule has 140 valence electrons. The summed E-state index contributed by atoms with van der Waals surface area (Å²) in [7, 11) is 1.59. The number of urea groups is 1. The van der Waals surface area contributed by atoms with Crippen molar-refractivity contribution in [3.63, 3.8) is 0 Å². The van der Waals surface area contributed by atoms with Gasteiger partial charge in [-0.25, -0.2) is 9.59 Å². The van der Waals surface area contributed by atoms with Crippen molar-refractivity contribution in [1.29, 1.82) is 0 Å². The first-order valence-electron chi connectivity index (χ1n) is 8.40. The Labute approximate surface area is 149 Å². The van der Waals surface area contributed by atoms with Gasteiger partial charge in [0.1, 0.15) is 5.60 Å². The summed E-state index contributed by atoms with van der Waals surface area (Å²) >= 11 is 0. The van der Waals surface area contributed by atoms with Gasteiger partial charge in [-0.05, 0) is 51.3 Å². The maximum atomic E-state index is 11.7. The lowest BCUT2D eigenvalue weighted by atomic mass is 10.1. The lowest BCUT2D eigenvalue weighted by molar-refractivity contribution is 0.0636. The quantitative estimate of drug-likeness (QED) is 0.628. The Morgan fingerprint density at radius 2 is 1.68 bits per heavy atom. The topological polar surface area (TPSA) is 88.7 Å². The molecule has 0 aliphatic heterocycles. The molecule has 0 aliphatic rings. The minimum absolute atomic E-state index is 0.186. The number of rotatable bonds is 8. The highest BCUT2D eigenvalue weighted by Gasteiger charge is 2.15. The van der Waals surface area contributed by atoms with Crippen LogP contribution in [0, 0.1) is 0 Å². The Hall–Kier alpha value is -2.28. The van der Waals surface area contributed by atoms with Crippen LogP contribution in [0.4, 0.5) is 15.3 Å². The van der Waals surface area contributed by atoms with Crippen LogP contribution in [0.15, 0.2) is 24.3 Å². The van der Waals surface area contributed by atoms with Crippen molar-refractivity contribution in [3.8, 4) is 0 Å². The van der Waals surface area contributed by atoms with Crippen molar-refractivity contribution in [2.24, 2.45) is 0 Å². The molecule has 3 N–H and O–H groups in total. The Morgan fingerprint density at radius 1 is 1.04 bits per heavy atom. The van der Waals surface area contributed by atoms with Crippen LogP contribution in [0.2, 0.25) is 0 Å². The van der Waals surface area contributed by atoms with E-state index in [1.54, 1.807) is 7.11 Å². The van der Waals surface area contributed by atoms with Gasteiger partial charge in [0.15, 0.2) is 0 Å². The van der Waals surface area contributed by atoms with Gasteiger partial charge in [0.05, 0.1) is 6.61 Å². The van der Waals surface area contributed by atoms with Crippen molar-refractivity contribution < 1.29 is 19.1 Å². The molecule has 0 atom stereocenters. The van der Waals surface area contributed by atoms with Crippen LogP contribution < -0.4 is 16.0 Å². The third-order valence-electron chi connectivity index (χ3n) is 3.12. The van der Waals surface area contributed by atoms with Gasteiger partial charge in [-0.1, -0.05) is 12.1 Å². The van der Waals surface area contributed by atoms with Crippen LogP contribution in [0.1, 0.15) is 32.8 Å². The molecule has 1 aromatic rings. The summed E-state index contributed by atoms with van der Waals surface area (Å²) in [5.41, 5.74) is 1.30. The molecule has 3 amide bonds. The van der Waals surface area contributed by atoms with Crippen LogP contribution in [-0.2, 0) is 15.9 Å². The van der Waals surface area contributed by atoms with Gasteiger partial charge >= 0.3 is 12.1 Å². The molecule has 1 rings (SSSR count). The van der Waals surface area contributed by atoms with Gasteiger partial charge in [-0.3, -0.25) is 5.32 Å². The number of aryl methyl sites for hydroxylation is 1. The fourth-order valence-electron chi connectivity index (χ4n) is 2.00. The fraction of sp³-hybridized carbons (Fsp3) is 0.556. The summed E-state index contributed by atoms with van der Waals surface area (Å²) in [6.45, 7) is 7.05. The number of carbonyl (C=O) groups is 2. The van der Waals surface area contributed by atoms with Crippen molar-refractivity contribution in [3.05, 3.63) is 29.8 Å². The van der Waals surface area contributed by atoms with E-state index >= 15 is 0 Å². The predicted molar refractivity (Wildman–Crippen MR) is 97.9 cm³/mol. The minimum Gasteiger partial charge on any atom is -0.444 e. The van der Waals surface area contributed by atoms with Gasteiger partial charge in [0, 0.05) is 25.9 Å². The van der Waals surface area contributed by atoms with Gasteiger partial charge < -0.3 is 20.1 Å². The first kappa shape index (κ1) is 20.8. The van der Waals surface area contributed by atoms with E-state index in [9.17, 15) is 9.59 Å². The number of hydrogen-bond acceptors (Lipinski definition) is 4. The molecule has 1 aromatic carbocycles. The van der Waals surface area contributed by atoms with E-state index in [2.05, 4.69) is 16.0 Å². The minimum atomic E-state index is -0.521. The molecule has 0 heterocycles. The monoisotopic (exact) mass is 351 g/mol. The molecule has 0 saturated heterocycles. The molecular formula is C18H29N3O4. The summed E-state index contributed by atoms with van der Waals surface area (Å²) in [5, 5.41) is 8.18. The maximum absolute atomic E-state index is 11.7. The Morgan fingerprint density at radius 3 is 2.28 bits per heavy atom. The standard InChI is InChI=1S/C18H29N3O4/c1-18(2,3)25-17(23)21-15-9-7-14(8-10-15)6-5-11-19-16(22)20-12-13-24-4/h7-10H,5-6,11-13H2,1-4H3,(H,21,23)(H2,19,20,22). The van der Waals surface area contributed by atoms with E-state index in [0.717, 1.165) is 18.4 Å². The normalized spacial score (nSPS) is 10.9. The number of anilines is 1. The number of nitrogens with one attached hydrogen (secondary N) is 3. The van der Waals surface area contributed by atoms with Gasteiger partial charge in [-0.15, -0.1) is 0 Å². The zero-order chi connectivity index (χ0) is 18.7. The fourth-order valence-corrected chi connectivity index (χ4v) is 2.00. The van der Waals surface area contributed by atoms with E-state index in [1.807, 2.05) is 45.0 Å². The Bertz CT molecular complexity index is 538. The maximum Gasteiger partial charge on any atom is 0.412 e. The van der Waals surface area contributed by atoms with Crippen molar-refractivity contribution >= 4 is 17.8 Å². The van der Waals surface area contributed by atoms with Crippen molar-refractivity contribution in [2.75, 3.05) is 32.1 Å². The summed E-state index contributed by atoms with van der Waals surface area (Å²) in [6.07, 6.45) is 1.20. The molecule has 25 heavy (non-hydrogen) atoms. The molecule has 7 heteroatoms. The largest absolute Gasteiger partial charge is 0.444 e. The van der Waals surface area contributed by atoms with Crippen LogP contribution in [-0.4, -0.2) is 44.5 Å². The van der Waals surface area contributed by atoms with Crippen LogP contribution in [0.5, 0.6) is 0 Å². The molecule has 7 nitrogen and oxygen atoms in total. The molecule has 0 aromatic heterocycles. The smallest absolute Gasteiger partial charge is 0.412 e. The molecule has 0 aliphatic carbocycles. The summed E-state index contributed by atoms with van der Waals surface area (Å²) in [5.74, 6) is 0. The van der Waals surface area contributed by atoms with Crippen LogP contribution in [0.3, 0.4) is 0 Å². The second kappa shape index (κ2) is 10.6. The second-order valence-corrected chi connectivity index (χ2v) is 6.60. The predicted octanol–water partition coefficient (Wildman–Crippen LogP) is 2.91. The first-order chi connectivity index (χ1) is 11.8. The van der Waals surface area contributed by atoms with Crippen molar-refractivity contribution in [1.82, 2.24) is 10.6 Å². The molecule has 0 fully saturated rings. The summed E-state index contributed by atoms with van der Waals surface area (Å²) in [4.78, 5) is 23.1. The molecular weight excluding hydrogens is 322 g/mol. The first-order valence-corrected chi connectivity index (χ1v) is 8.40. The Kier molecular flexibility index (Phi) is 8.77. The molecule has 0 saturated carbocycles. The van der Waals surface area contributed by atoms with E-state index < -0.39 is 11.7 Å². The highest BCUT2D eigenvalue weighted by atomic mass is 16.6. The SMILES string of the molecule is COCCNC(=O)NCCCc1ccc(NC(=O)OC(C)(C)C)cc1. The lowest BCUT2D eigenvalue weighted by Crippen LogP contribution is -2.37. The molecule has 0 bridgehead atoms. The van der Waals surface area contributed by atoms with E-state index in [4.69, 9.17) is 9.47 Å². The molecule has 0 spiro atoms. The zero-order valence-electron chi connectivity index (χ0n) is 15.5. The van der Waals surface area contributed by atoms with Crippen molar-refractivity contribution in [2.45, 2.75) is 39.2 Å². The highest BCUT2D eigenvalue weighted by molar-refractivity contribution is 5.84. The van der Waals surface area contributed by atoms with E-state index in [1.165, 1.54) is 0 Å². The van der Waals surface area contributed by atoms with Gasteiger partial charge in [0.25, 0.3) is 0 Å². The molecule has 0 unspecified atom stereocenters. The van der Waals surface area contributed by atoms with E-state index in [0.29, 0.717) is 25.4 Å².